The summed E-state index contributed by atoms with van der Waals surface area (Å²) in [6.45, 7) is 9.12. The van der Waals surface area contributed by atoms with Gasteiger partial charge in [-0.05, 0) is 87.9 Å². The number of halogens is 3. The molecular weight excluding hydrogens is 536 g/mol. The molecule has 1 unspecified atom stereocenters. The van der Waals surface area contributed by atoms with Crippen LogP contribution in [0.5, 0.6) is 0 Å². The fourth-order valence-electron chi connectivity index (χ4n) is 3.62. The summed E-state index contributed by atoms with van der Waals surface area (Å²) in [7, 11) is 0. The molecule has 1 atom stereocenters. The van der Waals surface area contributed by atoms with Crippen molar-refractivity contribution in [1.82, 2.24) is 5.32 Å². The van der Waals surface area contributed by atoms with Crippen molar-refractivity contribution in [3.8, 4) is 0 Å². The number of nitrogens with one attached hydrogen (secondary N) is 1. The molecule has 2 aromatic carbocycles. The smallest absolute Gasteiger partial charge is 0.303 e. The summed E-state index contributed by atoms with van der Waals surface area (Å²) in [4.78, 5) is 33.1. The molecule has 212 valence electrons. The van der Waals surface area contributed by atoms with Crippen LogP contribution in [0.15, 0.2) is 81.8 Å². The van der Waals surface area contributed by atoms with Gasteiger partial charge in [-0.1, -0.05) is 42.5 Å². The van der Waals surface area contributed by atoms with Crippen molar-refractivity contribution >= 4 is 46.8 Å². The average molecular weight is 570 g/mol. The van der Waals surface area contributed by atoms with Crippen molar-refractivity contribution in [2.75, 3.05) is 0 Å². The van der Waals surface area contributed by atoms with Gasteiger partial charge >= 0.3 is 5.97 Å². The van der Waals surface area contributed by atoms with Crippen LogP contribution in [0.3, 0.4) is 0 Å². The molecule has 2 rings (SSSR count). The van der Waals surface area contributed by atoms with Gasteiger partial charge in [0.05, 0.1) is 17.4 Å². The van der Waals surface area contributed by atoms with E-state index in [9.17, 15) is 18.4 Å². The molecule has 0 saturated heterocycles. The molecule has 1 amide bonds. The van der Waals surface area contributed by atoms with Crippen LogP contribution in [-0.4, -0.2) is 28.9 Å². The monoisotopic (exact) mass is 569 g/mol. The summed E-state index contributed by atoms with van der Waals surface area (Å²) in [6, 6.07) is 7.80. The number of aliphatic carboxylic acids is 1. The van der Waals surface area contributed by atoms with Crippen LogP contribution >= 0.6 is 11.6 Å². The van der Waals surface area contributed by atoms with Gasteiger partial charge in [0.2, 0.25) is 0 Å². The molecular formula is C31H34ClF2N3O3. The molecule has 0 bridgehead atoms. The Morgan fingerprint density at radius 2 is 1.77 bits per heavy atom. The Labute approximate surface area is 238 Å². The summed E-state index contributed by atoms with van der Waals surface area (Å²) < 4.78 is 27.0. The topological polar surface area (TPSA) is 91.1 Å². The van der Waals surface area contributed by atoms with Crippen molar-refractivity contribution in [3.05, 3.63) is 94.6 Å². The number of carboxylic acid groups (broad SMARTS) is 1. The van der Waals surface area contributed by atoms with Crippen LogP contribution in [0.2, 0.25) is 0 Å². The van der Waals surface area contributed by atoms with Crippen molar-refractivity contribution in [1.29, 1.82) is 0 Å². The van der Waals surface area contributed by atoms with Gasteiger partial charge in [-0.15, -0.1) is 0 Å². The zero-order valence-electron chi connectivity index (χ0n) is 22.9. The normalized spacial score (nSPS) is 13.4. The van der Waals surface area contributed by atoms with Gasteiger partial charge in [0, 0.05) is 28.9 Å². The van der Waals surface area contributed by atoms with Crippen molar-refractivity contribution < 1.29 is 23.5 Å². The first-order chi connectivity index (χ1) is 19.0. The third-order valence-corrected chi connectivity index (χ3v) is 6.01. The van der Waals surface area contributed by atoms with Gasteiger partial charge in [-0.2, -0.15) is 0 Å². The highest BCUT2D eigenvalue weighted by Crippen LogP contribution is 2.30. The first-order valence-electron chi connectivity index (χ1n) is 12.8. The van der Waals surface area contributed by atoms with Gasteiger partial charge < -0.3 is 10.4 Å². The van der Waals surface area contributed by atoms with Crippen LogP contribution in [0.25, 0.3) is 0 Å². The maximum atomic E-state index is 13.7. The zero-order valence-corrected chi connectivity index (χ0v) is 23.6. The highest BCUT2D eigenvalue weighted by Gasteiger charge is 2.15. The van der Waals surface area contributed by atoms with Crippen LogP contribution in [-0.2, 0) is 4.79 Å². The fraction of sp³-hybridized carbons (Fsp3) is 0.290. The molecule has 40 heavy (non-hydrogen) atoms. The van der Waals surface area contributed by atoms with Crippen LogP contribution in [0.1, 0.15) is 74.8 Å². The number of hydrogen-bond acceptors (Lipinski definition) is 4. The Morgan fingerprint density at radius 1 is 1.05 bits per heavy atom. The standard InChI is InChI=1S/C31H34ClF2N3O3/c1-5-23(11-8-9-20(2)32)19-35-28-16-14-25(18-29(28)36-21(3)10-6-7-12-30(38)39)31(40)37-22(4)24-13-15-26(33)27(34)17-24/h5,9,11,13-19,22H,1,6-8,10,12H2,2-4H3,(H,37,40)(H,38,39)/b20-9+,23-11?,35-19?,36-21?. The van der Waals surface area contributed by atoms with E-state index in [0.29, 0.717) is 53.2 Å². The van der Waals surface area contributed by atoms with E-state index in [1.165, 1.54) is 6.07 Å². The first kappa shape index (κ1) is 32.3. The molecule has 0 radical (unpaired) electrons. The van der Waals surface area contributed by atoms with Gasteiger partial charge in [-0.25, -0.2) is 8.78 Å². The molecule has 0 aliphatic rings. The van der Waals surface area contributed by atoms with Crippen LogP contribution in [0, 0.1) is 11.6 Å². The average Bonchev–Trinajstić information content (AvgIpc) is 2.90. The van der Waals surface area contributed by atoms with Gasteiger partial charge in [-0.3, -0.25) is 19.6 Å². The second kappa shape index (κ2) is 16.3. The summed E-state index contributed by atoms with van der Waals surface area (Å²) in [5.74, 6) is -3.21. The van der Waals surface area contributed by atoms with E-state index in [-0.39, 0.29) is 6.42 Å². The van der Waals surface area contributed by atoms with E-state index < -0.39 is 29.6 Å². The van der Waals surface area contributed by atoms with Gasteiger partial charge in [0.25, 0.3) is 5.91 Å². The SMILES string of the molecule is C=CC(C=Nc1ccc(C(=O)NC(C)c2ccc(F)c(F)c2)cc1N=C(C)CCCCC(=O)O)=CC/C=C(\C)Cl. The number of benzene rings is 2. The summed E-state index contributed by atoms with van der Waals surface area (Å²) in [5.41, 5.74) is 3.25. The van der Waals surface area contributed by atoms with Crippen LogP contribution in [0.4, 0.5) is 20.2 Å². The third kappa shape index (κ3) is 11.1. The lowest BCUT2D eigenvalue weighted by Gasteiger charge is -2.15. The van der Waals surface area contributed by atoms with E-state index >= 15 is 0 Å². The van der Waals surface area contributed by atoms with E-state index in [2.05, 4.69) is 21.9 Å². The van der Waals surface area contributed by atoms with Crippen molar-refractivity contribution in [2.24, 2.45) is 9.98 Å². The van der Waals surface area contributed by atoms with Crippen molar-refractivity contribution in [2.45, 2.75) is 58.9 Å². The molecule has 0 fully saturated rings. The molecule has 0 aromatic heterocycles. The van der Waals surface area contributed by atoms with E-state index in [0.717, 1.165) is 23.4 Å². The molecule has 9 heteroatoms. The summed E-state index contributed by atoms with van der Waals surface area (Å²) >= 11 is 5.89. The highest BCUT2D eigenvalue weighted by atomic mass is 35.5. The summed E-state index contributed by atoms with van der Waals surface area (Å²) in [5, 5.41) is 12.3. The zero-order chi connectivity index (χ0) is 29.7. The third-order valence-electron chi connectivity index (χ3n) is 5.86. The number of carbonyl (C=O) groups excluding carboxylic acids is 1. The van der Waals surface area contributed by atoms with Gasteiger partial charge in [0.1, 0.15) is 0 Å². The lowest BCUT2D eigenvalue weighted by molar-refractivity contribution is -0.137. The minimum atomic E-state index is -0.988. The Kier molecular flexibility index (Phi) is 13.1. The molecule has 0 aliphatic heterocycles. The Morgan fingerprint density at radius 3 is 2.42 bits per heavy atom. The molecule has 0 saturated carbocycles. The highest BCUT2D eigenvalue weighted by molar-refractivity contribution is 6.29. The maximum absolute atomic E-state index is 13.7. The number of carboxylic acids is 1. The molecule has 6 nitrogen and oxygen atoms in total. The lowest BCUT2D eigenvalue weighted by atomic mass is 10.1. The Bertz CT molecular complexity index is 1350. The van der Waals surface area contributed by atoms with E-state index in [1.807, 2.05) is 19.1 Å². The minimum Gasteiger partial charge on any atom is -0.481 e. The summed E-state index contributed by atoms with van der Waals surface area (Å²) in [6.07, 6.45) is 9.55. The number of aliphatic imine (C=N–C) groups is 2. The van der Waals surface area contributed by atoms with Gasteiger partial charge in [0.15, 0.2) is 11.6 Å². The molecule has 0 aliphatic carbocycles. The lowest BCUT2D eigenvalue weighted by Crippen LogP contribution is -2.26. The quantitative estimate of drug-likeness (QED) is 0.136. The number of hydrogen-bond donors (Lipinski definition) is 2. The number of nitrogens with zero attached hydrogens (tertiary/aromatic N) is 2. The number of amides is 1. The second-order valence-electron chi connectivity index (χ2n) is 9.21. The first-order valence-corrected chi connectivity index (χ1v) is 13.2. The van der Waals surface area contributed by atoms with Crippen molar-refractivity contribution in [3.63, 3.8) is 0 Å². The molecule has 0 heterocycles. The second-order valence-corrected chi connectivity index (χ2v) is 9.81. The maximum Gasteiger partial charge on any atom is 0.303 e. The Hall–Kier alpha value is -3.91. The molecule has 2 N–H and O–H groups in total. The number of unbranched alkanes of at least 4 members (excludes halogenated alkanes) is 1. The van der Waals surface area contributed by atoms with E-state index in [1.54, 1.807) is 44.3 Å². The number of allylic oxidation sites excluding steroid dienone is 5. The number of carbonyl (C=O) groups is 2. The predicted octanol–water partition coefficient (Wildman–Crippen LogP) is 8.54. The van der Waals surface area contributed by atoms with E-state index in [4.69, 9.17) is 16.7 Å². The molecule has 0 spiro atoms. The van der Waals surface area contributed by atoms with Crippen LogP contribution < -0.4 is 5.32 Å². The largest absolute Gasteiger partial charge is 0.481 e. The molecule has 2 aromatic rings. The number of rotatable bonds is 14. The fourth-order valence-corrected chi connectivity index (χ4v) is 3.71. The predicted molar refractivity (Wildman–Crippen MR) is 158 cm³/mol. The Balaban J connectivity index is 2.34. The minimum absolute atomic E-state index is 0.0870.